The third kappa shape index (κ3) is 3.78. The summed E-state index contributed by atoms with van der Waals surface area (Å²) in [5.41, 5.74) is -0.476. The highest BCUT2D eigenvalue weighted by molar-refractivity contribution is 8.08. The summed E-state index contributed by atoms with van der Waals surface area (Å²) >= 11 is 2.98. The zero-order chi connectivity index (χ0) is 15.0. The van der Waals surface area contributed by atoms with Crippen molar-refractivity contribution in [3.63, 3.8) is 0 Å². The van der Waals surface area contributed by atoms with Gasteiger partial charge in [-0.1, -0.05) is 27.7 Å². The predicted octanol–water partition coefficient (Wildman–Crippen LogP) is 3.65. The van der Waals surface area contributed by atoms with Crippen LogP contribution in [0.5, 0.6) is 0 Å². The molecule has 0 bridgehead atoms. The molecule has 108 valence electrons. The molecule has 0 fully saturated rings. The van der Waals surface area contributed by atoms with E-state index in [1.807, 2.05) is 48.5 Å². The van der Waals surface area contributed by atoms with Gasteiger partial charge >= 0.3 is 0 Å². The molecule has 1 aliphatic heterocycles. The molecule has 19 heavy (non-hydrogen) atoms. The second-order valence-electron chi connectivity index (χ2n) is 6.11. The molecule has 0 atom stereocenters. The first kappa shape index (κ1) is 16.6. The van der Waals surface area contributed by atoms with Crippen molar-refractivity contribution in [2.75, 3.05) is 0 Å². The number of imide groups is 1. The zero-order valence-electron chi connectivity index (χ0n) is 12.7. The predicted molar refractivity (Wildman–Crippen MR) is 84.1 cm³/mol. The highest BCUT2D eigenvalue weighted by atomic mass is 32.2. The van der Waals surface area contributed by atoms with Crippen LogP contribution in [0.2, 0.25) is 0 Å². The van der Waals surface area contributed by atoms with Gasteiger partial charge in [-0.15, -0.1) is 23.5 Å². The van der Waals surface area contributed by atoms with E-state index < -0.39 is 5.54 Å². The van der Waals surface area contributed by atoms with Gasteiger partial charge in [0.15, 0.2) is 0 Å². The number of nitrogens with zero attached hydrogens (tertiary/aromatic N) is 1. The average molecular weight is 301 g/mol. The van der Waals surface area contributed by atoms with E-state index in [4.69, 9.17) is 0 Å². The van der Waals surface area contributed by atoms with Crippen LogP contribution in [0.3, 0.4) is 0 Å². The normalized spacial score (nSPS) is 17.4. The van der Waals surface area contributed by atoms with Crippen LogP contribution in [0.25, 0.3) is 0 Å². The Hall–Kier alpha value is -0.420. The third-order valence-corrected chi connectivity index (χ3v) is 4.68. The quantitative estimate of drug-likeness (QED) is 0.743. The molecule has 0 N–H and O–H groups in total. The molecule has 1 aliphatic rings. The Morgan fingerprint density at radius 3 is 1.37 bits per heavy atom. The lowest BCUT2D eigenvalue weighted by Gasteiger charge is -2.30. The van der Waals surface area contributed by atoms with E-state index in [-0.39, 0.29) is 22.3 Å². The van der Waals surface area contributed by atoms with Crippen LogP contribution in [-0.4, -0.2) is 32.8 Å². The van der Waals surface area contributed by atoms with Gasteiger partial charge < -0.3 is 0 Å². The molecule has 0 saturated heterocycles. The fourth-order valence-electron chi connectivity index (χ4n) is 1.78. The minimum atomic E-state index is -0.476. The van der Waals surface area contributed by atoms with E-state index in [0.717, 1.165) is 0 Å². The summed E-state index contributed by atoms with van der Waals surface area (Å²) in [5.74, 6) is -0.279. The van der Waals surface area contributed by atoms with E-state index >= 15 is 0 Å². The smallest absolute Gasteiger partial charge is 0.268 e. The molecule has 3 nitrogen and oxygen atoms in total. The average Bonchev–Trinajstić information content (AvgIpc) is 2.39. The Kier molecular flexibility index (Phi) is 5.18. The monoisotopic (exact) mass is 301 g/mol. The van der Waals surface area contributed by atoms with Gasteiger partial charge in [0.2, 0.25) is 0 Å². The van der Waals surface area contributed by atoms with Crippen molar-refractivity contribution in [3.8, 4) is 0 Å². The molecule has 0 aromatic carbocycles. The second kappa shape index (κ2) is 5.92. The summed E-state index contributed by atoms with van der Waals surface area (Å²) in [5, 5.41) is 0.573. The van der Waals surface area contributed by atoms with Gasteiger partial charge in [-0.3, -0.25) is 14.5 Å². The fourth-order valence-corrected chi connectivity index (χ4v) is 3.78. The van der Waals surface area contributed by atoms with E-state index in [9.17, 15) is 9.59 Å². The molecule has 0 aromatic rings. The van der Waals surface area contributed by atoms with Crippen LogP contribution < -0.4 is 0 Å². The lowest BCUT2D eigenvalue weighted by atomic mass is 10.1. The van der Waals surface area contributed by atoms with Gasteiger partial charge in [0, 0.05) is 16.0 Å². The van der Waals surface area contributed by atoms with Crippen LogP contribution in [0.15, 0.2) is 9.81 Å². The number of thioether (sulfide) groups is 2. The van der Waals surface area contributed by atoms with Gasteiger partial charge in [0.05, 0.1) is 9.81 Å². The Labute approximate surface area is 124 Å². The van der Waals surface area contributed by atoms with Crippen LogP contribution in [0.4, 0.5) is 0 Å². The van der Waals surface area contributed by atoms with Crippen LogP contribution in [-0.2, 0) is 9.59 Å². The Morgan fingerprint density at radius 1 is 0.842 bits per heavy atom. The van der Waals surface area contributed by atoms with Crippen molar-refractivity contribution in [2.45, 2.75) is 64.5 Å². The van der Waals surface area contributed by atoms with Gasteiger partial charge in [-0.05, 0) is 20.8 Å². The zero-order valence-corrected chi connectivity index (χ0v) is 14.4. The molecular weight excluding hydrogens is 278 g/mol. The number of amides is 2. The SMILES string of the molecule is CC(C)SC1=C(SC(C)C)C(=O)N(C(C)(C)C)C1=O. The lowest BCUT2D eigenvalue weighted by Crippen LogP contribution is -2.46. The highest BCUT2D eigenvalue weighted by Crippen LogP contribution is 2.41. The molecule has 0 aromatic heterocycles. The Morgan fingerprint density at radius 2 is 1.16 bits per heavy atom. The molecule has 5 heteroatoms. The van der Waals surface area contributed by atoms with Crippen molar-refractivity contribution < 1.29 is 9.59 Å². The molecule has 0 aliphatic carbocycles. The lowest BCUT2D eigenvalue weighted by molar-refractivity contribution is -0.142. The first-order valence-corrected chi connectivity index (χ1v) is 8.28. The van der Waals surface area contributed by atoms with Gasteiger partial charge in [-0.25, -0.2) is 0 Å². The number of carbonyl (C=O) groups excluding carboxylic acids is 2. The van der Waals surface area contributed by atoms with E-state index in [0.29, 0.717) is 9.81 Å². The van der Waals surface area contributed by atoms with Crippen molar-refractivity contribution in [1.29, 1.82) is 0 Å². The van der Waals surface area contributed by atoms with E-state index in [1.54, 1.807) is 0 Å². The van der Waals surface area contributed by atoms with Crippen molar-refractivity contribution in [1.82, 2.24) is 4.90 Å². The highest BCUT2D eigenvalue weighted by Gasteiger charge is 2.44. The topological polar surface area (TPSA) is 37.4 Å². The molecule has 1 heterocycles. The summed E-state index contributed by atoms with van der Waals surface area (Å²) in [4.78, 5) is 27.6. The summed E-state index contributed by atoms with van der Waals surface area (Å²) in [6.07, 6.45) is 0. The fraction of sp³-hybridized carbons (Fsp3) is 0.714. The molecule has 2 amide bonds. The molecule has 0 saturated carbocycles. The number of rotatable bonds is 4. The first-order chi connectivity index (χ1) is 8.55. The van der Waals surface area contributed by atoms with Crippen molar-refractivity contribution in [3.05, 3.63) is 9.81 Å². The maximum atomic E-state index is 12.5. The summed E-state index contributed by atoms with van der Waals surface area (Å²) in [6, 6.07) is 0. The molecule has 0 radical (unpaired) electrons. The molecule has 0 spiro atoms. The van der Waals surface area contributed by atoms with Crippen LogP contribution >= 0.6 is 23.5 Å². The summed E-state index contributed by atoms with van der Waals surface area (Å²) < 4.78 is 0. The standard InChI is InChI=1S/C14H23NO2S2/c1-8(2)18-10-11(19-9(3)4)13(17)15(12(10)16)14(5,6)7/h8-9H,1-7H3. The summed E-state index contributed by atoms with van der Waals surface area (Å²) in [7, 11) is 0. The maximum absolute atomic E-state index is 12.5. The van der Waals surface area contributed by atoms with Gasteiger partial charge in [0.1, 0.15) is 0 Å². The minimum absolute atomic E-state index is 0.139. The van der Waals surface area contributed by atoms with Gasteiger partial charge in [0.25, 0.3) is 11.8 Å². The number of carbonyl (C=O) groups is 2. The minimum Gasteiger partial charge on any atom is -0.268 e. The van der Waals surface area contributed by atoms with E-state index in [2.05, 4.69) is 0 Å². The second-order valence-corrected chi connectivity index (χ2v) is 9.28. The molecular formula is C14H23NO2S2. The van der Waals surface area contributed by atoms with Crippen molar-refractivity contribution >= 4 is 35.3 Å². The first-order valence-electron chi connectivity index (χ1n) is 6.52. The van der Waals surface area contributed by atoms with Gasteiger partial charge in [-0.2, -0.15) is 0 Å². The Bertz CT molecular complexity index is 388. The Balaban J connectivity index is 3.19. The van der Waals surface area contributed by atoms with Crippen LogP contribution in [0.1, 0.15) is 48.5 Å². The maximum Gasteiger partial charge on any atom is 0.269 e. The summed E-state index contributed by atoms with van der Waals surface area (Å²) in [6.45, 7) is 13.8. The largest absolute Gasteiger partial charge is 0.269 e. The van der Waals surface area contributed by atoms with E-state index in [1.165, 1.54) is 28.4 Å². The number of hydrogen-bond acceptors (Lipinski definition) is 4. The molecule has 0 unspecified atom stereocenters. The van der Waals surface area contributed by atoms with Crippen LogP contribution in [0, 0.1) is 0 Å². The number of hydrogen-bond donors (Lipinski definition) is 0. The molecule has 1 rings (SSSR count). The van der Waals surface area contributed by atoms with Crippen molar-refractivity contribution in [2.24, 2.45) is 0 Å². The third-order valence-electron chi connectivity index (χ3n) is 2.38.